The molecule has 1 aliphatic rings. The second kappa shape index (κ2) is 7.51. The lowest BCUT2D eigenvalue weighted by atomic mass is 10.1. The number of nitrogens with one attached hydrogen (secondary N) is 2. The van der Waals surface area contributed by atoms with E-state index in [1.165, 1.54) is 15.3 Å². The highest BCUT2D eigenvalue weighted by atomic mass is 32.1. The van der Waals surface area contributed by atoms with E-state index in [1.54, 1.807) is 29.8 Å². The van der Waals surface area contributed by atoms with Gasteiger partial charge < -0.3 is 15.4 Å². The van der Waals surface area contributed by atoms with Crippen molar-refractivity contribution in [2.45, 2.75) is 25.8 Å². The number of carbonyl (C=O) groups is 1. The number of hydrogen-bond acceptors (Lipinski definition) is 5. The van der Waals surface area contributed by atoms with Gasteiger partial charge in [-0.3, -0.25) is 4.79 Å². The first-order valence-electron chi connectivity index (χ1n) is 8.61. The van der Waals surface area contributed by atoms with Gasteiger partial charge in [0.25, 0.3) is 5.91 Å². The predicted octanol–water partition coefficient (Wildman–Crippen LogP) is 5.17. The maximum absolute atomic E-state index is 13.1. The van der Waals surface area contributed by atoms with E-state index < -0.39 is 0 Å². The first-order chi connectivity index (χ1) is 12.8. The van der Waals surface area contributed by atoms with E-state index in [1.807, 2.05) is 30.3 Å². The molecule has 4 nitrogen and oxygen atoms in total. The summed E-state index contributed by atoms with van der Waals surface area (Å²) in [6.45, 7) is 0.742. The minimum absolute atomic E-state index is 0.0671. The monoisotopic (exact) mass is 384 g/mol. The molecule has 0 aliphatic heterocycles. The lowest BCUT2D eigenvalue weighted by Gasteiger charge is -2.12. The molecule has 0 atom stereocenters. The van der Waals surface area contributed by atoms with Crippen LogP contribution in [-0.4, -0.2) is 13.0 Å². The van der Waals surface area contributed by atoms with E-state index in [0.29, 0.717) is 11.4 Å². The van der Waals surface area contributed by atoms with Crippen molar-refractivity contribution < 1.29 is 9.53 Å². The van der Waals surface area contributed by atoms with Crippen molar-refractivity contribution in [1.82, 2.24) is 0 Å². The third-order valence-corrected chi connectivity index (χ3v) is 6.63. The van der Waals surface area contributed by atoms with Crippen molar-refractivity contribution in [3.63, 3.8) is 0 Å². The molecule has 0 spiro atoms. The number of rotatable bonds is 6. The Morgan fingerprint density at radius 3 is 2.88 bits per heavy atom. The van der Waals surface area contributed by atoms with Crippen LogP contribution in [0, 0.1) is 0 Å². The van der Waals surface area contributed by atoms with Crippen molar-refractivity contribution in [2.24, 2.45) is 0 Å². The molecule has 1 aliphatic carbocycles. The number of anilines is 2. The molecule has 1 amide bonds. The molecule has 2 N–H and O–H groups in total. The normalized spacial score (nSPS) is 12.7. The standard InChI is InChI=1S/C20H20N2O2S2/c1-24-16-9-3-2-8-15(16)22-19(23)18-14-7-4-10-17(14)26-20(18)21-12-13-6-5-11-25-13/h2-3,5-6,8-9,11,21H,4,7,10,12H2,1H3,(H,22,23). The molecular formula is C20H20N2O2S2. The van der Waals surface area contributed by atoms with Crippen molar-refractivity contribution >= 4 is 39.3 Å². The van der Waals surface area contributed by atoms with Crippen molar-refractivity contribution in [2.75, 3.05) is 17.7 Å². The largest absolute Gasteiger partial charge is 0.495 e. The summed E-state index contributed by atoms with van der Waals surface area (Å²) in [7, 11) is 1.61. The van der Waals surface area contributed by atoms with E-state index in [9.17, 15) is 4.79 Å². The fourth-order valence-corrected chi connectivity index (χ4v) is 5.21. The molecule has 0 saturated carbocycles. The van der Waals surface area contributed by atoms with E-state index in [-0.39, 0.29) is 5.91 Å². The molecule has 3 aromatic rings. The Hall–Kier alpha value is -2.31. The van der Waals surface area contributed by atoms with E-state index in [2.05, 4.69) is 22.1 Å². The van der Waals surface area contributed by atoms with E-state index >= 15 is 0 Å². The predicted molar refractivity (Wildman–Crippen MR) is 109 cm³/mol. The van der Waals surface area contributed by atoms with Crippen LogP contribution in [0.2, 0.25) is 0 Å². The van der Waals surface area contributed by atoms with Gasteiger partial charge in [-0.25, -0.2) is 0 Å². The molecule has 0 fully saturated rings. The fourth-order valence-electron chi connectivity index (χ4n) is 3.28. The smallest absolute Gasteiger partial charge is 0.259 e. The Morgan fingerprint density at radius 2 is 2.08 bits per heavy atom. The van der Waals surface area contributed by atoms with Crippen LogP contribution < -0.4 is 15.4 Å². The summed E-state index contributed by atoms with van der Waals surface area (Å²) in [5.41, 5.74) is 2.70. The number of fused-ring (bicyclic) bond motifs is 1. The summed E-state index contributed by atoms with van der Waals surface area (Å²) in [4.78, 5) is 15.7. The molecule has 0 saturated heterocycles. The first kappa shape index (κ1) is 17.1. The van der Waals surface area contributed by atoms with Gasteiger partial charge in [0.1, 0.15) is 10.8 Å². The summed E-state index contributed by atoms with van der Waals surface area (Å²) in [5.74, 6) is 0.600. The zero-order valence-corrected chi connectivity index (χ0v) is 16.1. The van der Waals surface area contributed by atoms with Crippen LogP contribution in [0.25, 0.3) is 0 Å². The third-order valence-electron chi connectivity index (χ3n) is 4.51. The topological polar surface area (TPSA) is 50.4 Å². The number of hydrogen-bond donors (Lipinski definition) is 2. The Morgan fingerprint density at radius 1 is 1.19 bits per heavy atom. The number of amides is 1. The zero-order valence-electron chi connectivity index (χ0n) is 14.5. The molecule has 2 aromatic heterocycles. The van der Waals surface area contributed by atoms with Gasteiger partial charge in [-0.15, -0.1) is 22.7 Å². The Balaban J connectivity index is 1.60. The van der Waals surface area contributed by atoms with Gasteiger partial charge >= 0.3 is 0 Å². The maximum atomic E-state index is 13.1. The van der Waals surface area contributed by atoms with Crippen LogP contribution in [0.4, 0.5) is 10.7 Å². The van der Waals surface area contributed by atoms with Crippen molar-refractivity contribution in [3.8, 4) is 5.75 Å². The number of thiophene rings is 2. The van der Waals surface area contributed by atoms with Gasteiger partial charge in [-0.2, -0.15) is 0 Å². The van der Waals surface area contributed by atoms with Gasteiger partial charge in [0, 0.05) is 9.75 Å². The third kappa shape index (κ3) is 3.34. The van der Waals surface area contributed by atoms with Crippen LogP contribution >= 0.6 is 22.7 Å². The van der Waals surface area contributed by atoms with Crippen LogP contribution in [-0.2, 0) is 19.4 Å². The molecule has 0 unspecified atom stereocenters. The van der Waals surface area contributed by atoms with Gasteiger partial charge in [-0.1, -0.05) is 18.2 Å². The molecule has 0 bridgehead atoms. The van der Waals surface area contributed by atoms with Gasteiger partial charge in [0.05, 0.1) is 24.9 Å². The van der Waals surface area contributed by atoms with Gasteiger partial charge in [0.2, 0.25) is 0 Å². The van der Waals surface area contributed by atoms with Gasteiger partial charge in [0.15, 0.2) is 0 Å². The molecule has 6 heteroatoms. The summed E-state index contributed by atoms with van der Waals surface area (Å²) < 4.78 is 5.36. The van der Waals surface area contributed by atoms with Crippen LogP contribution in [0.3, 0.4) is 0 Å². The Labute approximate surface area is 160 Å². The fraction of sp³-hybridized carbons (Fsp3) is 0.250. The molecule has 134 valence electrons. The molecule has 0 radical (unpaired) electrons. The number of para-hydroxylation sites is 2. The maximum Gasteiger partial charge on any atom is 0.259 e. The molecule has 4 rings (SSSR count). The van der Waals surface area contributed by atoms with Crippen LogP contribution in [0.1, 0.15) is 32.1 Å². The molecular weight excluding hydrogens is 364 g/mol. The lowest BCUT2D eigenvalue weighted by molar-refractivity contribution is 0.102. The van der Waals surface area contributed by atoms with Crippen molar-refractivity contribution in [1.29, 1.82) is 0 Å². The average Bonchev–Trinajstić information content (AvgIpc) is 3.37. The number of ether oxygens (including phenoxy) is 1. The van der Waals surface area contributed by atoms with Crippen LogP contribution in [0.15, 0.2) is 41.8 Å². The number of benzene rings is 1. The van der Waals surface area contributed by atoms with Crippen molar-refractivity contribution in [3.05, 3.63) is 62.7 Å². The second-order valence-electron chi connectivity index (χ2n) is 6.15. The zero-order chi connectivity index (χ0) is 17.9. The minimum atomic E-state index is -0.0671. The van der Waals surface area contributed by atoms with Gasteiger partial charge in [-0.05, 0) is 48.4 Å². The SMILES string of the molecule is COc1ccccc1NC(=O)c1c(NCc2cccs2)sc2c1CCC2. The van der Waals surface area contributed by atoms with E-state index in [0.717, 1.165) is 36.4 Å². The Bertz CT molecular complexity index is 916. The average molecular weight is 385 g/mol. The highest BCUT2D eigenvalue weighted by Gasteiger charge is 2.27. The quantitative estimate of drug-likeness (QED) is 0.616. The summed E-state index contributed by atoms with van der Waals surface area (Å²) >= 11 is 3.44. The summed E-state index contributed by atoms with van der Waals surface area (Å²) in [6, 6.07) is 11.7. The molecule has 1 aromatic carbocycles. The minimum Gasteiger partial charge on any atom is -0.495 e. The summed E-state index contributed by atoms with van der Waals surface area (Å²) in [5, 5.41) is 9.55. The summed E-state index contributed by atoms with van der Waals surface area (Å²) in [6.07, 6.45) is 3.16. The Kier molecular flexibility index (Phi) is 4.95. The highest BCUT2D eigenvalue weighted by molar-refractivity contribution is 7.16. The number of methoxy groups -OCH3 is 1. The lowest BCUT2D eigenvalue weighted by Crippen LogP contribution is -2.15. The van der Waals surface area contributed by atoms with Crippen LogP contribution in [0.5, 0.6) is 5.75 Å². The molecule has 26 heavy (non-hydrogen) atoms. The van der Waals surface area contributed by atoms with E-state index in [4.69, 9.17) is 4.74 Å². The second-order valence-corrected chi connectivity index (χ2v) is 8.29. The first-order valence-corrected chi connectivity index (χ1v) is 10.3. The number of aryl methyl sites for hydroxylation is 1. The number of carbonyl (C=O) groups excluding carboxylic acids is 1. The molecule has 2 heterocycles. The highest BCUT2D eigenvalue weighted by Crippen LogP contribution is 2.40.